The van der Waals surface area contributed by atoms with Crippen LogP contribution in [-0.2, 0) is 14.8 Å². The fourth-order valence-corrected chi connectivity index (χ4v) is 6.54. The van der Waals surface area contributed by atoms with Gasteiger partial charge in [0.15, 0.2) is 5.65 Å². The first-order valence-electron chi connectivity index (χ1n) is 14.6. The third-order valence-corrected chi connectivity index (χ3v) is 8.50. The molecule has 2 aliphatic heterocycles. The summed E-state index contributed by atoms with van der Waals surface area (Å²) >= 11 is 12.7. The highest BCUT2D eigenvalue weighted by Gasteiger charge is 2.33. The van der Waals surface area contributed by atoms with Crippen LogP contribution in [0.25, 0.3) is 5.65 Å². The highest BCUT2D eigenvalue weighted by Crippen LogP contribution is 2.35. The average Bonchev–Trinajstić information content (AvgIpc) is 3.19. The van der Waals surface area contributed by atoms with Gasteiger partial charge in [-0.1, -0.05) is 23.2 Å². The van der Waals surface area contributed by atoms with Crippen molar-refractivity contribution < 1.29 is 22.7 Å². The topological polar surface area (TPSA) is 129 Å². The number of hydrogen-bond donors (Lipinski definition) is 1. The molecule has 3 aromatic rings. The normalized spacial score (nSPS) is 18.3. The number of nitrogens with zero attached hydrogens (tertiary/aromatic N) is 6. The summed E-state index contributed by atoms with van der Waals surface area (Å²) in [5.41, 5.74) is 0.944. The molecule has 0 spiro atoms. The largest absolute Gasteiger partial charge is 0.444 e. The smallest absolute Gasteiger partial charge is 0.410 e. The van der Waals surface area contributed by atoms with Gasteiger partial charge in [0.25, 0.3) is 5.91 Å². The van der Waals surface area contributed by atoms with E-state index in [9.17, 15) is 18.0 Å². The molecule has 1 atom stereocenters. The van der Waals surface area contributed by atoms with E-state index in [-0.39, 0.29) is 29.3 Å². The molecule has 238 valence electrons. The second-order valence-corrected chi connectivity index (χ2v) is 14.7. The Labute approximate surface area is 267 Å². The van der Waals surface area contributed by atoms with Crippen LogP contribution in [-0.4, -0.2) is 89.4 Å². The monoisotopic (exact) mass is 665 g/mol. The van der Waals surface area contributed by atoms with Gasteiger partial charge in [-0.05, 0) is 64.7 Å². The van der Waals surface area contributed by atoms with Crippen molar-refractivity contribution >= 4 is 62.4 Å². The second-order valence-electron chi connectivity index (χ2n) is 12.2. The van der Waals surface area contributed by atoms with Gasteiger partial charge in [-0.25, -0.2) is 18.2 Å². The average molecular weight is 667 g/mol. The zero-order chi connectivity index (χ0) is 31.8. The molecule has 2 aliphatic rings. The molecule has 5 rings (SSSR count). The first-order chi connectivity index (χ1) is 20.7. The van der Waals surface area contributed by atoms with Crippen LogP contribution in [0, 0.1) is 0 Å². The van der Waals surface area contributed by atoms with Crippen LogP contribution >= 0.6 is 23.2 Å². The van der Waals surface area contributed by atoms with E-state index in [2.05, 4.69) is 14.6 Å². The van der Waals surface area contributed by atoms with Gasteiger partial charge in [0.1, 0.15) is 16.6 Å². The van der Waals surface area contributed by atoms with Crippen LogP contribution in [0.4, 0.5) is 16.3 Å². The minimum atomic E-state index is -3.63. The number of hydrogen-bond acceptors (Lipinski definition) is 8. The molecule has 12 nitrogen and oxygen atoms in total. The number of nitrogens with one attached hydrogen (secondary N) is 1. The van der Waals surface area contributed by atoms with E-state index < -0.39 is 15.6 Å². The molecule has 0 saturated carbocycles. The Kier molecular flexibility index (Phi) is 9.20. The predicted octanol–water partition coefficient (Wildman–Crippen LogP) is 5.22. The molecule has 4 heterocycles. The number of halogens is 2. The summed E-state index contributed by atoms with van der Waals surface area (Å²) < 4.78 is 33.8. The number of aromatic nitrogens is 3. The van der Waals surface area contributed by atoms with Crippen LogP contribution in [0.1, 0.15) is 68.5 Å². The molecule has 1 N–H and O–H groups in total. The van der Waals surface area contributed by atoms with E-state index in [4.69, 9.17) is 33.0 Å². The number of amides is 2. The maximum Gasteiger partial charge on any atom is 0.410 e. The summed E-state index contributed by atoms with van der Waals surface area (Å²) in [6.07, 6.45) is 3.77. The highest BCUT2D eigenvalue weighted by molar-refractivity contribution is 7.92. The van der Waals surface area contributed by atoms with Crippen molar-refractivity contribution in [3.63, 3.8) is 0 Å². The number of carbonyl (C=O) groups excluding carboxylic acids is 2. The van der Waals surface area contributed by atoms with Gasteiger partial charge in [-0.15, -0.1) is 0 Å². The summed E-state index contributed by atoms with van der Waals surface area (Å²) in [7, 11) is -3.63. The van der Waals surface area contributed by atoms with Crippen LogP contribution in [0.15, 0.2) is 30.3 Å². The second kappa shape index (κ2) is 12.6. The van der Waals surface area contributed by atoms with Gasteiger partial charge in [0, 0.05) is 49.9 Å². The summed E-state index contributed by atoms with van der Waals surface area (Å²) in [6.45, 7) is 8.27. The molecule has 2 aromatic heterocycles. The molecule has 0 unspecified atom stereocenters. The number of likely N-dealkylation sites (tertiary alicyclic amines) is 1. The lowest BCUT2D eigenvalue weighted by atomic mass is 9.98. The van der Waals surface area contributed by atoms with E-state index in [1.54, 1.807) is 20.4 Å². The molecule has 0 bridgehead atoms. The Morgan fingerprint density at radius 2 is 1.77 bits per heavy atom. The zero-order valence-corrected chi connectivity index (χ0v) is 27.5. The summed E-state index contributed by atoms with van der Waals surface area (Å²) in [6, 6.07) is 7.73. The van der Waals surface area contributed by atoms with Gasteiger partial charge < -0.3 is 19.4 Å². The third kappa shape index (κ3) is 7.49. The van der Waals surface area contributed by atoms with Crippen LogP contribution in [0.2, 0.25) is 10.2 Å². The minimum Gasteiger partial charge on any atom is -0.444 e. The Hall–Kier alpha value is -3.29. The van der Waals surface area contributed by atoms with Crippen molar-refractivity contribution in [3.05, 3.63) is 51.8 Å². The number of anilines is 2. The third-order valence-electron chi connectivity index (χ3n) is 7.48. The van der Waals surface area contributed by atoms with Gasteiger partial charge >= 0.3 is 6.09 Å². The standard InChI is InChI=1S/C29H37Cl2N7O5S/c1-29(2,3)43-28(40)36-12-7-11-35(14-15-36)26-18-24(31)32-25-17-22(33-38(25)26)23-8-5-6-13-37(23)27(39)20-16-19(30)9-10-21(20)34-44(4,41)42/h9-10,16-18,23,34H,5-8,11-15H2,1-4H3/t23-/m0/s1. The zero-order valence-electron chi connectivity index (χ0n) is 25.2. The molecule has 0 aliphatic carbocycles. The SMILES string of the molecule is CC(C)(C)OC(=O)N1CCCN(c2cc(Cl)nc3cc([C@@H]4CCCCN4C(=O)c4cc(Cl)ccc4NS(C)(=O)=O)nn23)CC1. The summed E-state index contributed by atoms with van der Waals surface area (Å²) in [4.78, 5) is 36.7. The minimum absolute atomic E-state index is 0.165. The lowest BCUT2D eigenvalue weighted by molar-refractivity contribution is 0.0263. The quantitative estimate of drug-likeness (QED) is 0.367. The molecule has 15 heteroatoms. The van der Waals surface area contributed by atoms with E-state index in [1.807, 2.05) is 26.8 Å². The van der Waals surface area contributed by atoms with Gasteiger partial charge in [-0.2, -0.15) is 9.61 Å². The molecule has 2 amide bonds. The van der Waals surface area contributed by atoms with Gasteiger partial charge in [0.05, 0.1) is 29.2 Å². The maximum atomic E-state index is 13.9. The van der Waals surface area contributed by atoms with Crippen LogP contribution in [0.3, 0.4) is 0 Å². The van der Waals surface area contributed by atoms with Crippen molar-refractivity contribution in [2.45, 2.75) is 58.1 Å². The van der Waals surface area contributed by atoms with E-state index in [0.29, 0.717) is 60.7 Å². The Bertz CT molecular complexity index is 1670. The highest BCUT2D eigenvalue weighted by atomic mass is 35.5. The predicted molar refractivity (Wildman–Crippen MR) is 170 cm³/mol. The number of ether oxygens (including phenoxy) is 1. The van der Waals surface area contributed by atoms with E-state index >= 15 is 0 Å². The molecule has 1 aromatic carbocycles. The molecular formula is C29H37Cl2N7O5S. The fourth-order valence-electron chi connectivity index (χ4n) is 5.61. The summed E-state index contributed by atoms with van der Waals surface area (Å²) in [5, 5.41) is 5.55. The van der Waals surface area contributed by atoms with Crippen molar-refractivity contribution in [1.29, 1.82) is 0 Å². The Morgan fingerprint density at radius 1 is 1.00 bits per heavy atom. The summed E-state index contributed by atoms with van der Waals surface area (Å²) in [5.74, 6) is 0.391. The molecule has 0 radical (unpaired) electrons. The first kappa shape index (κ1) is 32.1. The van der Waals surface area contributed by atoms with Gasteiger partial charge in [0.2, 0.25) is 10.0 Å². The molecule has 44 heavy (non-hydrogen) atoms. The van der Waals surface area contributed by atoms with Crippen LogP contribution in [0.5, 0.6) is 0 Å². The number of piperidine rings is 1. The number of carbonyl (C=O) groups is 2. The van der Waals surface area contributed by atoms with E-state index in [0.717, 1.165) is 31.3 Å². The molecular weight excluding hydrogens is 629 g/mol. The van der Waals surface area contributed by atoms with Gasteiger partial charge in [-0.3, -0.25) is 9.52 Å². The van der Waals surface area contributed by atoms with Crippen molar-refractivity contribution in [3.8, 4) is 0 Å². The number of benzene rings is 1. The van der Waals surface area contributed by atoms with Crippen molar-refractivity contribution in [2.75, 3.05) is 48.6 Å². The van der Waals surface area contributed by atoms with Crippen molar-refractivity contribution in [2.24, 2.45) is 0 Å². The first-order valence-corrected chi connectivity index (χ1v) is 17.2. The fraction of sp³-hybridized carbons (Fsp3) is 0.517. The van der Waals surface area contributed by atoms with Crippen LogP contribution < -0.4 is 9.62 Å². The Balaban J connectivity index is 1.44. The number of fused-ring (bicyclic) bond motifs is 1. The lowest BCUT2D eigenvalue weighted by Crippen LogP contribution is -2.39. The number of rotatable bonds is 5. The number of sulfonamides is 1. The lowest BCUT2D eigenvalue weighted by Gasteiger charge is -2.35. The molecule has 2 saturated heterocycles. The van der Waals surface area contributed by atoms with Crippen molar-refractivity contribution in [1.82, 2.24) is 24.4 Å². The van der Waals surface area contributed by atoms with E-state index in [1.165, 1.54) is 18.2 Å². The molecule has 2 fully saturated rings. The Morgan fingerprint density at radius 3 is 2.50 bits per heavy atom. The maximum absolute atomic E-state index is 13.9.